The van der Waals surface area contributed by atoms with E-state index in [4.69, 9.17) is 4.55 Å². The van der Waals surface area contributed by atoms with Gasteiger partial charge in [0.05, 0.1) is 12.3 Å². The van der Waals surface area contributed by atoms with Crippen molar-refractivity contribution in [3.05, 3.63) is 29.3 Å². The van der Waals surface area contributed by atoms with Crippen molar-refractivity contribution in [2.75, 3.05) is 12.3 Å². The number of benzene rings is 1. The fraction of sp³-hybridized carbons (Fsp3) is 0.611. The van der Waals surface area contributed by atoms with Gasteiger partial charge in [-0.25, -0.2) is 0 Å². The van der Waals surface area contributed by atoms with Gasteiger partial charge in [-0.3, -0.25) is 9.55 Å². The summed E-state index contributed by atoms with van der Waals surface area (Å²) in [5, 5.41) is 9.83. The number of phenols is 1. The molecule has 0 saturated carbocycles. The topological polar surface area (TPSA) is 87.0 Å². The van der Waals surface area contributed by atoms with E-state index in [1.165, 1.54) is 44.7 Å². The van der Waals surface area contributed by atoms with Gasteiger partial charge in [0.1, 0.15) is 5.75 Å². The van der Waals surface area contributed by atoms with Crippen molar-refractivity contribution >= 4 is 16.3 Å². The quantitative estimate of drug-likeness (QED) is 0.337. The van der Waals surface area contributed by atoms with Crippen LogP contribution in [0.5, 0.6) is 5.75 Å². The summed E-state index contributed by atoms with van der Waals surface area (Å²) in [7, 11) is -4.00. The lowest BCUT2D eigenvalue weighted by atomic mass is 10.0. The Labute approximate surface area is 145 Å². The molecule has 0 aliphatic rings. The van der Waals surface area contributed by atoms with E-state index in [-0.39, 0.29) is 12.3 Å². The second-order valence-electron chi connectivity index (χ2n) is 6.09. The van der Waals surface area contributed by atoms with E-state index in [0.29, 0.717) is 5.56 Å². The monoisotopic (exact) mass is 355 g/mol. The number of unbranched alkanes of at least 4 members (excludes halogenated alkanes) is 6. The molecule has 6 heteroatoms. The van der Waals surface area contributed by atoms with Gasteiger partial charge in [-0.05, 0) is 30.5 Å². The van der Waals surface area contributed by atoms with Gasteiger partial charge in [-0.2, -0.15) is 8.42 Å². The first kappa shape index (κ1) is 20.6. The van der Waals surface area contributed by atoms with E-state index in [1.54, 1.807) is 6.07 Å². The highest BCUT2D eigenvalue weighted by molar-refractivity contribution is 7.85. The summed E-state index contributed by atoms with van der Waals surface area (Å²) >= 11 is 0. The number of phenolic OH excluding ortho intramolecular Hbond substituents is 1. The summed E-state index contributed by atoms with van der Waals surface area (Å²) in [6, 6.07) is 5.42. The number of aliphatic imine (C=N–C) groups is 1. The van der Waals surface area contributed by atoms with Crippen LogP contribution in [0.1, 0.15) is 63.0 Å². The molecule has 0 aliphatic heterocycles. The second-order valence-corrected chi connectivity index (χ2v) is 7.66. The summed E-state index contributed by atoms with van der Waals surface area (Å²) < 4.78 is 29.9. The molecule has 0 aromatic heterocycles. The Bertz CT molecular complexity index is 611. The minimum Gasteiger partial charge on any atom is -0.507 e. The summed E-state index contributed by atoms with van der Waals surface area (Å²) in [5.74, 6) is -0.295. The van der Waals surface area contributed by atoms with Crippen LogP contribution in [0, 0.1) is 0 Å². The highest BCUT2D eigenvalue weighted by Crippen LogP contribution is 2.18. The van der Waals surface area contributed by atoms with Gasteiger partial charge in [0.2, 0.25) is 0 Å². The lowest BCUT2D eigenvalue weighted by Gasteiger charge is -2.05. The zero-order valence-corrected chi connectivity index (χ0v) is 15.3. The van der Waals surface area contributed by atoms with Crippen LogP contribution in [0.25, 0.3) is 0 Å². The molecule has 24 heavy (non-hydrogen) atoms. The molecule has 0 spiro atoms. The molecule has 0 aliphatic carbocycles. The summed E-state index contributed by atoms with van der Waals surface area (Å²) in [6.07, 6.45) is 11.2. The molecule has 0 unspecified atom stereocenters. The molecule has 0 radical (unpaired) electrons. The molecule has 0 heterocycles. The number of aryl methyl sites for hydroxylation is 1. The van der Waals surface area contributed by atoms with Crippen LogP contribution in [0.3, 0.4) is 0 Å². The Morgan fingerprint density at radius 2 is 1.75 bits per heavy atom. The van der Waals surface area contributed by atoms with E-state index < -0.39 is 15.9 Å². The molecule has 0 atom stereocenters. The predicted molar refractivity (Wildman–Crippen MR) is 98.7 cm³/mol. The zero-order valence-electron chi connectivity index (χ0n) is 14.4. The van der Waals surface area contributed by atoms with E-state index in [0.717, 1.165) is 18.4 Å². The first-order chi connectivity index (χ1) is 11.4. The Morgan fingerprint density at radius 1 is 1.08 bits per heavy atom. The van der Waals surface area contributed by atoms with Crippen LogP contribution < -0.4 is 0 Å². The summed E-state index contributed by atoms with van der Waals surface area (Å²) in [4.78, 5) is 3.94. The predicted octanol–water partition coefficient (Wildman–Crippen LogP) is 3.99. The van der Waals surface area contributed by atoms with E-state index in [9.17, 15) is 13.5 Å². The molecule has 1 aromatic carbocycles. The Morgan fingerprint density at radius 3 is 2.42 bits per heavy atom. The van der Waals surface area contributed by atoms with Crippen LogP contribution in [0.2, 0.25) is 0 Å². The van der Waals surface area contributed by atoms with Gasteiger partial charge in [-0.1, -0.05) is 51.5 Å². The van der Waals surface area contributed by atoms with E-state index in [1.807, 2.05) is 12.1 Å². The SMILES string of the molecule is CCCCCCCCCc1ccc(O)c(C=NCCS(=O)(=O)O)c1. The van der Waals surface area contributed by atoms with Gasteiger partial charge in [-0.15, -0.1) is 0 Å². The number of rotatable bonds is 12. The van der Waals surface area contributed by atoms with Crippen molar-refractivity contribution in [1.82, 2.24) is 0 Å². The van der Waals surface area contributed by atoms with Crippen molar-refractivity contribution < 1.29 is 18.1 Å². The lowest BCUT2D eigenvalue weighted by molar-refractivity contribution is 0.474. The molecule has 5 nitrogen and oxygen atoms in total. The Kier molecular flexibility index (Phi) is 9.64. The second kappa shape index (κ2) is 11.2. The molecular formula is C18H29NO4S. The van der Waals surface area contributed by atoms with Crippen LogP contribution in [0.4, 0.5) is 0 Å². The summed E-state index contributed by atoms with van der Waals surface area (Å²) in [6.45, 7) is 2.19. The maximum absolute atomic E-state index is 10.6. The highest BCUT2D eigenvalue weighted by Gasteiger charge is 2.03. The molecule has 1 rings (SSSR count). The molecule has 0 bridgehead atoms. The van der Waals surface area contributed by atoms with E-state index in [2.05, 4.69) is 11.9 Å². The maximum atomic E-state index is 10.6. The average Bonchev–Trinajstić information content (AvgIpc) is 2.52. The van der Waals surface area contributed by atoms with E-state index >= 15 is 0 Å². The zero-order chi connectivity index (χ0) is 17.8. The highest BCUT2D eigenvalue weighted by atomic mass is 32.2. The number of hydrogen-bond acceptors (Lipinski definition) is 4. The van der Waals surface area contributed by atoms with Gasteiger partial charge < -0.3 is 5.11 Å². The van der Waals surface area contributed by atoms with Crippen LogP contribution in [-0.2, 0) is 16.5 Å². The molecule has 0 saturated heterocycles. The fourth-order valence-electron chi connectivity index (χ4n) is 2.48. The molecule has 0 fully saturated rings. The van der Waals surface area contributed by atoms with Crippen molar-refractivity contribution in [1.29, 1.82) is 0 Å². The standard InChI is InChI=1S/C18H29NO4S/c1-2-3-4-5-6-7-8-9-16-10-11-18(20)17(14-16)15-19-12-13-24(21,22)23/h10-11,14-15,20H,2-9,12-13H2,1H3,(H,21,22,23). The molecule has 136 valence electrons. The fourth-order valence-corrected chi connectivity index (χ4v) is 2.82. The molecular weight excluding hydrogens is 326 g/mol. The third kappa shape index (κ3) is 9.67. The van der Waals surface area contributed by atoms with Gasteiger partial charge in [0.15, 0.2) is 0 Å². The largest absolute Gasteiger partial charge is 0.507 e. The first-order valence-corrected chi connectivity index (χ1v) is 10.3. The van der Waals surface area contributed by atoms with Gasteiger partial charge in [0, 0.05) is 11.8 Å². The maximum Gasteiger partial charge on any atom is 0.266 e. The lowest BCUT2D eigenvalue weighted by Crippen LogP contribution is -2.06. The summed E-state index contributed by atoms with van der Waals surface area (Å²) in [5.41, 5.74) is 1.71. The van der Waals surface area contributed by atoms with Gasteiger partial charge >= 0.3 is 0 Å². The normalized spacial score (nSPS) is 12.1. The number of hydrogen-bond donors (Lipinski definition) is 2. The number of nitrogens with zero attached hydrogens (tertiary/aromatic N) is 1. The third-order valence-corrected chi connectivity index (χ3v) is 4.57. The first-order valence-electron chi connectivity index (χ1n) is 8.69. The molecule has 2 N–H and O–H groups in total. The van der Waals surface area contributed by atoms with Crippen LogP contribution in [0.15, 0.2) is 23.2 Å². The van der Waals surface area contributed by atoms with Crippen LogP contribution >= 0.6 is 0 Å². The van der Waals surface area contributed by atoms with Crippen molar-refractivity contribution in [2.24, 2.45) is 4.99 Å². The molecule has 0 amide bonds. The van der Waals surface area contributed by atoms with Crippen molar-refractivity contribution in [3.63, 3.8) is 0 Å². The van der Waals surface area contributed by atoms with Crippen molar-refractivity contribution in [2.45, 2.75) is 58.3 Å². The Hall–Kier alpha value is -1.40. The number of aromatic hydroxyl groups is 1. The third-order valence-electron chi connectivity index (χ3n) is 3.87. The molecule has 1 aromatic rings. The minimum atomic E-state index is -4.00. The minimum absolute atomic E-state index is 0.0275. The van der Waals surface area contributed by atoms with Crippen LogP contribution in [-0.4, -0.2) is 36.6 Å². The Balaban J connectivity index is 2.40. The smallest absolute Gasteiger partial charge is 0.266 e. The van der Waals surface area contributed by atoms with Gasteiger partial charge in [0.25, 0.3) is 10.1 Å². The van der Waals surface area contributed by atoms with Crippen molar-refractivity contribution in [3.8, 4) is 5.75 Å². The average molecular weight is 356 g/mol.